The van der Waals surface area contributed by atoms with Crippen molar-refractivity contribution in [1.82, 2.24) is 4.57 Å². The molecule has 0 radical (unpaired) electrons. The number of anilines is 1. The summed E-state index contributed by atoms with van der Waals surface area (Å²) in [5, 5.41) is 5.05. The molecule has 0 saturated carbocycles. The smallest absolute Gasteiger partial charge is 0.0505 e. The van der Waals surface area contributed by atoms with Crippen LogP contribution in [0.4, 0.5) is 5.69 Å². The van der Waals surface area contributed by atoms with Crippen LogP contribution in [0.15, 0.2) is 48.7 Å². The van der Waals surface area contributed by atoms with Crippen molar-refractivity contribution in [1.29, 1.82) is 0 Å². The number of aryl methyl sites for hydroxylation is 1. The first kappa shape index (κ1) is 13.6. The minimum Gasteiger partial charge on any atom is -0.388 e. The summed E-state index contributed by atoms with van der Waals surface area (Å²) in [6, 6.07) is 13.9. The minimum atomic E-state index is 0.726. The van der Waals surface area contributed by atoms with Crippen LogP contribution in [0.5, 0.6) is 0 Å². The van der Waals surface area contributed by atoms with E-state index in [0.717, 1.165) is 27.2 Å². The predicted octanol–water partition coefficient (Wildman–Crippen LogP) is 4.27. The lowest BCUT2D eigenvalue weighted by Crippen LogP contribution is -1.88. The molecule has 21 heavy (non-hydrogen) atoms. The van der Waals surface area contributed by atoms with Crippen LogP contribution in [-0.4, -0.2) is 11.6 Å². The topological polar surface area (TPSA) is 17.0 Å². The van der Waals surface area contributed by atoms with E-state index in [1.807, 2.05) is 38.4 Å². The number of hydrogen-bond acceptors (Lipinski definition) is 1. The van der Waals surface area contributed by atoms with E-state index in [4.69, 9.17) is 11.6 Å². The van der Waals surface area contributed by atoms with E-state index >= 15 is 0 Å². The van der Waals surface area contributed by atoms with Crippen molar-refractivity contribution in [3.05, 3.63) is 64.8 Å². The maximum Gasteiger partial charge on any atom is 0.0505 e. The third-order valence-electron chi connectivity index (χ3n) is 3.46. The summed E-state index contributed by atoms with van der Waals surface area (Å²) in [6.07, 6.45) is 2.06. The zero-order chi connectivity index (χ0) is 14.8. The molecule has 1 N–H and O–H groups in total. The van der Waals surface area contributed by atoms with Crippen molar-refractivity contribution in [2.45, 2.75) is 0 Å². The molecule has 0 aliphatic heterocycles. The number of rotatable bonds is 1. The summed E-state index contributed by atoms with van der Waals surface area (Å²) in [7, 11) is 3.96. The van der Waals surface area contributed by atoms with Crippen molar-refractivity contribution >= 4 is 28.2 Å². The molecular weight excluding hydrogens is 280 g/mol. The summed E-state index contributed by atoms with van der Waals surface area (Å²) in [5.74, 6) is 6.44. The number of halogens is 1. The average Bonchev–Trinajstić information content (AvgIpc) is 2.82. The lowest BCUT2D eigenvalue weighted by atomic mass is 10.1. The van der Waals surface area contributed by atoms with E-state index in [2.05, 4.69) is 46.1 Å². The lowest BCUT2D eigenvalue weighted by Gasteiger charge is -2.00. The van der Waals surface area contributed by atoms with Crippen LogP contribution in [0.3, 0.4) is 0 Å². The van der Waals surface area contributed by atoms with E-state index < -0.39 is 0 Å². The van der Waals surface area contributed by atoms with Crippen LogP contribution in [0.1, 0.15) is 11.1 Å². The highest BCUT2D eigenvalue weighted by molar-refractivity contribution is 6.30. The molecule has 3 heteroatoms. The molecule has 104 valence electrons. The Balaban J connectivity index is 2.06. The second-order valence-corrected chi connectivity index (χ2v) is 5.33. The van der Waals surface area contributed by atoms with Crippen LogP contribution in [0.25, 0.3) is 10.9 Å². The van der Waals surface area contributed by atoms with Gasteiger partial charge in [0.15, 0.2) is 0 Å². The molecule has 0 bridgehead atoms. The third kappa shape index (κ3) is 2.74. The Bertz CT molecular complexity index is 849. The molecule has 0 aliphatic carbocycles. The van der Waals surface area contributed by atoms with Crippen LogP contribution in [0.2, 0.25) is 5.02 Å². The molecule has 1 aromatic heterocycles. The maximum atomic E-state index is 5.89. The summed E-state index contributed by atoms with van der Waals surface area (Å²) < 4.78 is 2.10. The van der Waals surface area contributed by atoms with Crippen molar-refractivity contribution < 1.29 is 0 Å². The standard InChI is InChI=1S/C18H15ClN2/c1-20-16-9-10-18-17(11-16)14(12-21(18)2)6-3-13-4-7-15(19)8-5-13/h4-5,7-12,20H,1-2H3. The molecule has 3 rings (SSSR count). The Morgan fingerprint density at radius 2 is 1.81 bits per heavy atom. The zero-order valence-electron chi connectivity index (χ0n) is 11.9. The Morgan fingerprint density at radius 1 is 1.05 bits per heavy atom. The average molecular weight is 295 g/mol. The van der Waals surface area contributed by atoms with Gasteiger partial charge in [0, 0.05) is 47.5 Å². The molecule has 0 unspecified atom stereocenters. The van der Waals surface area contributed by atoms with Gasteiger partial charge < -0.3 is 9.88 Å². The van der Waals surface area contributed by atoms with E-state index in [1.54, 1.807) is 0 Å². The number of nitrogens with zero attached hydrogens (tertiary/aromatic N) is 1. The largest absolute Gasteiger partial charge is 0.388 e. The van der Waals surface area contributed by atoms with Gasteiger partial charge in [-0.2, -0.15) is 0 Å². The number of nitrogens with one attached hydrogen (secondary N) is 1. The monoisotopic (exact) mass is 294 g/mol. The molecule has 2 aromatic carbocycles. The first-order valence-corrected chi connectivity index (χ1v) is 7.09. The Kier molecular flexibility index (Phi) is 3.60. The number of fused-ring (bicyclic) bond motifs is 1. The summed E-state index contributed by atoms with van der Waals surface area (Å²) in [4.78, 5) is 0. The van der Waals surface area contributed by atoms with Crippen molar-refractivity contribution in [2.24, 2.45) is 7.05 Å². The fourth-order valence-electron chi connectivity index (χ4n) is 2.32. The summed E-state index contributed by atoms with van der Waals surface area (Å²) in [6.45, 7) is 0. The van der Waals surface area contributed by atoms with Crippen molar-refractivity contribution in [3.8, 4) is 11.8 Å². The Morgan fingerprint density at radius 3 is 2.52 bits per heavy atom. The van der Waals surface area contributed by atoms with Crippen LogP contribution < -0.4 is 5.32 Å². The van der Waals surface area contributed by atoms with Gasteiger partial charge in [0.25, 0.3) is 0 Å². The number of aromatic nitrogens is 1. The molecule has 0 spiro atoms. The van der Waals surface area contributed by atoms with Gasteiger partial charge in [-0.25, -0.2) is 0 Å². The molecular formula is C18H15ClN2. The van der Waals surface area contributed by atoms with Crippen molar-refractivity contribution in [2.75, 3.05) is 12.4 Å². The first-order chi connectivity index (χ1) is 10.2. The third-order valence-corrected chi connectivity index (χ3v) is 3.72. The van der Waals surface area contributed by atoms with E-state index in [0.29, 0.717) is 0 Å². The second kappa shape index (κ2) is 5.55. The molecule has 0 amide bonds. The van der Waals surface area contributed by atoms with Crippen LogP contribution in [-0.2, 0) is 7.05 Å². The van der Waals surface area contributed by atoms with E-state index in [-0.39, 0.29) is 0 Å². The quantitative estimate of drug-likeness (QED) is 0.663. The normalized spacial score (nSPS) is 10.2. The van der Waals surface area contributed by atoms with Gasteiger partial charge in [-0.15, -0.1) is 0 Å². The second-order valence-electron chi connectivity index (χ2n) is 4.89. The van der Waals surface area contributed by atoms with Gasteiger partial charge in [0.2, 0.25) is 0 Å². The SMILES string of the molecule is CNc1ccc2c(c1)c(C#Cc1ccc(Cl)cc1)cn2C. The molecule has 2 nitrogen and oxygen atoms in total. The summed E-state index contributed by atoms with van der Waals surface area (Å²) >= 11 is 5.89. The fourth-order valence-corrected chi connectivity index (χ4v) is 2.45. The van der Waals surface area contributed by atoms with Gasteiger partial charge in [0.1, 0.15) is 0 Å². The summed E-state index contributed by atoms with van der Waals surface area (Å²) in [5.41, 5.74) is 4.25. The molecule has 0 aliphatic rings. The van der Waals surface area contributed by atoms with Gasteiger partial charge >= 0.3 is 0 Å². The Hall–Kier alpha value is -2.37. The van der Waals surface area contributed by atoms with Gasteiger partial charge in [0.05, 0.1) is 5.56 Å². The van der Waals surface area contributed by atoms with Gasteiger partial charge in [-0.1, -0.05) is 23.4 Å². The maximum absolute atomic E-state index is 5.89. The zero-order valence-corrected chi connectivity index (χ0v) is 12.7. The highest BCUT2D eigenvalue weighted by Gasteiger charge is 2.05. The van der Waals surface area contributed by atoms with Crippen LogP contribution >= 0.6 is 11.6 Å². The van der Waals surface area contributed by atoms with Gasteiger partial charge in [-0.05, 0) is 42.5 Å². The number of hydrogen-bond donors (Lipinski definition) is 1. The molecule has 3 aromatic rings. The van der Waals surface area contributed by atoms with E-state index in [1.165, 1.54) is 5.52 Å². The highest BCUT2D eigenvalue weighted by atomic mass is 35.5. The molecule has 1 heterocycles. The lowest BCUT2D eigenvalue weighted by molar-refractivity contribution is 0.967. The Labute approximate surface area is 129 Å². The molecule has 0 fully saturated rings. The fraction of sp³-hybridized carbons (Fsp3) is 0.111. The molecule has 0 atom stereocenters. The minimum absolute atomic E-state index is 0.726. The molecule has 0 saturated heterocycles. The van der Waals surface area contributed by atoms with Gasteiger partial charge in [-0.3, -0.25) is 0 Å². The van der Waals surface area contributed by atoms with E-state index in [9.17, 15) is 0 Å². The first-order valence-electron chi connectivity index (χ1n) is 6.72. The predicted molar refractivity (Wildman–Crippen MR) is 89.9 cm³/mol. The van der Waals surface area contributed by atoms with Crippen molar-refractivity contribution in [3.63, 3.8) is 0 Å². The number of benzene rings is 2. The van der Waals surface area contributed by atoms with Crippen LogP contribution in [0, 0.1) is 11.8 Å². The highest BCUT2D eigenvalue weighted by Crippen LogP contribution is 2.23.